The van der Waals surface area contributed by atoms with Gasteiger partial charge in [-0.2, -0.15) is 0 Å². The SMILES string of the molecule is CC(C)CC(O)CNC(=O)C1CCN(C(=O)N(C)C)CC1. The second-order valence-corrected chi connectivity index (χ2v) is 6.47. The minimum Gasteiger partial charge on any atom is -0.391 e. The lowest BCUT2D eigenvalue weighted by Gasteiger charge is -2.33. The van der Waals surface area contributed by atoms with Crippen molar-refractivity contribution in [3.05, 3.63) is 0 Å². The van der Waals surface area contributed by atoms with Crippen LogP contribution >= 0.6 is 0 Å². The summed E-state index contributed by atoms with van der Waals surface area (Å²) in [6.07, 6.45) is 1.58. The number of rotatable bonds is 5. The summed E-state index contributed by atoms with van der Waals surface area (Å²) in [6, 6.07) is 0.00112. The van der Waals surface area contributed by atoms with Gasteiger partial charge in [-0.15, -0.1) is 0 Å². The van der Waals surface area contributed by atoms with Gasteiger partial charge in [0.1, 0.15) is 0 Å². The van der Waals surface area contributed by atoms with Crippen molar-refractivity contribution in [1.82, 2.24) is 15.1 Å². The molecule has 0 aliphatic carbocycles. The zero-order chi connectivity index (χ0) is 16.0. The first-order valence-corrected chi connectivity index (χ1v) is 7.73. The summed E-state index contributed by atoms with van der Waals surface area (Å²) < 4.78 is 0. The van der Waals surface area contributed by atoms with Gasteiger partial charge in [0.25, 0.3) is 0 Å². The van der Waals surface area contributed by atoms with E-state index in [1.54, 1.807) is 23.9 Å². The summed E-state index contributed by atoms with van der Waals surface area (Å²) in [7, 11) is 3.47. The monoisotopic (exact) mass is 299 g/mol. The minimum absolute atomic E-state index is 0.00112. The van der Waals surface area contributed by atoms with E-state index in [4.69, 9.17) is 0 Å². The van der Waals surface area contributed by atoms with E-state index in [1.807, 2.05) is 13.8 Å². The van der Waals surface area contributed by atoms with Crippen LogP contribution in [0.4, 0.5) is 4.79 Å². The maximum Gasteiger partial charge on any atom is 0.319 e. The van der Waals surface area contributed by atoms with Crippen molar-refractivity contribution in [2.45, 2.75) is 39.2 Å². The molecule has 0 aromatic rings. The van der Waals surface area contributed by atoms with Crippen LogP contribution in [0.15, 0.2) is 0 Å². The molecule has 122 valence electrons. The molecule has 0 aromatic carbocycles. The van der Waals surface area contributed by atoms with E-state index in [0.29, 0.717) is 44.8 Å². The number of hydrogen-bond donors (Lipinski definition) is 2. The molecule has 1 aliphatic rings. The van der Waals surface area contributed by atoms with Crippen molar-refractivity contribution in [3.63, 3.8) is 0 Å². The molecular weight excluding hydrogens is 270 g/mol. The van der Waals surface area contributed by atoms with Gasteiger partial charge in [-0.3, -0.25) is 4.79 Å². The highest BCUT2D eigenvalue weighted by Crippen LogP contribution is 2.18. The summed E-state index contributed by atoms with van der Waals surface area (Å²) >= 11 is 0. The van der Waals surface area contributed by atoms with Gasteiger partial charge in [-0.05, 0) is 25.2 Å². The maximum absolute atomic E-state index is 12.1. The first-order valence-electron chi connectivity index (χ1n) is 7.73. The molecule has 2 N–H and O–H groups in total. The number of carbonyl (C=O) groups excluding carboxylic acids is 2. The Kier molecular flexibility index (Phi) is 6.95. The minimum atomic E-state index is -0.482. The summed E-state index contributed by atoms with van der Waals surface area (Å²) in [5.74, 6) is 0.356. The van der Waals surface area contributed by atoms with Crippen LogP contribution in [-0.2, 0) is 4.79 Å². The van der Waals surface area contributed by atoms with E-state index in [9.17, 15) is 14.7 Å². The zero-order valence-electron chi connectivity index (χ0n) is 13.6. The van der Waals surface area contributed by atoms with Gasteiger partial charge in [0.2, 0.25) is 5.91 Å². The van der Waals surface area contributed by atoms with Gasteiger partial charge in [0, 0.05) is 39.6 Å². The molecule has 1 unspecified atom stereocenters. The van der Waals surface area contributed by atoms with Crippen LogP contribution in [-0.4, -0.2) is 66.7 Å². The van der Waals surface area contributed by atoms with Crippen LogP contribution in [0.2, 0.25) is 0 Å². The Morgan fingerprint density at radius 2 is 1.86 bits per heavy atom. The summed E-state index contributed by atoms with van der Waals surface area (Å²) in [6.45, 7) is 5.63. The van der Waals surface area contributed by atoms with E-state index in [2.05, 4.69) is 5.32 Å². The van der Waals surface area contributed by atoms with Crippen molar-refractivity contribution < 1.29 is 14.7 Å². The van der Waals surface area contributed by atoms with Crippen molar-refractivity contribution >= 4 is 11.9 Å². The van der Waals surface area contributed by atoms with Crippen molar-refractivity contribution in [1.29, 1.82) is 0 Å². The number of piperidine rings is 1. The average molecular weight is 299 g/mol. The Hall–Kier alpha value is -1.30. The third kappa shape index (κ3) is 5.91. The molecule has 0 spiro atoms. The number of aliphatic hydroxyl groups excluding tert-OH is 1. The fraction of sp³-hybridized carbons (Fsp3) is 0.867. The lowest BCUT2D eigenvalue weighted by molar-refractivity contribution is -0.126. The first-order chi connectivity index (χ1) is 9.81. The fourth-order valence-corrected chi connectivity index (χ4v) is 2.61. The number of nitrogens with zero attached hydrogens (tertiary/aromatic N) is 2. The van der Waals surface area contributed by atoms with Crippen LogP contribution in [0.1, 0.15) is 33.1 Å². The lowest BCUT2D eigenvalue weighted by atomic mass is 9.96. The number of aliphatic hydroxyl groups is 1. The Morgan fingerprint density at radius 1 is 1.29 bits per heavy atom. The molecular formula is C15H29N3O3. The van der Waals surface area contributed by atoms with Gasteiger partial charge in [0.05, 0.1) is 6.10 Å². The van der Waals surface area contributed by atoms with Crippen molar-refractivity contribution in [2.24, 2.45) is 11.8 Å². The second-order valence-electron chi connectivity index (χ2n) is 6.47. The largest absolute Gasteiger partial charge is 0.391 e. The van der Waals surface area contributed by atoms with Gasteiger partial charge < -0.3 is 20.2 Å². The van der Waals surface area contributed by atoms with E-state index in [1.165, 1.54) is 0 Å². The number of amides is 3. The van der Waals surface area contributed by atoms with Crippen LogP contribution in [0, 0.1) is 11.8 Å². The number of likely N-dealkylation sites (tertiary alicyclic amines) is 1. The van der Waals surface area contributed by atoms with Crippen LogP contribution in [0.3, 0.4) is 0 Å². The Labute approximate surface area is 127 Å². The van der Waals surface area contributed by atoms with Crippen molar-refractivity contribution in [3.8, 4) is 0 Å². The predicted octanol–water partition coefficient (Wildman–Crippen LogP) is 0.903. The van der Waals surface area contributed by atoms with Crippen molar-refractivity contribution in [2.75, 3.05) is 33.7 Å². The predicted molar refractivity (Wildman–Crippen MR) is 81.9 cm³/mol. The normalized spacial score (nSPS) is 17.7. The first kappa shape index (κ1) is 17.8. The van der Waals surface area contributed by atoms with E-state index >= 15 is 0 Å². The van der Waals surface area contributed by atoms with E-state index < -0.39 is 6.10 Å². The van der Waals surface area contributed by atoms with Gasteiger partial charge in [-0.1, -0.05) is 13.8 Å². The molecule has 1 atom stereocenters. The standard InChI is InChI=1S/C15H29N3O3/c1-11(2)9-13(19)10-16-14(20)12-5-7-18(8-6-12)15(21)17(3)4/h11-13,19H,5-10H2,1-4H3,(H,16,20). The maximum atomic E-state index is 12.1. The molecule has 1 fully saturated rings. The third-order valence-electron chi connectivity index (χ3n) is 3.77. The molecule has 21 heavy (non-hydrogen) atoms. The molecule has 0 aromatic heterocycles. The quantitative estimate of drug-likeness (QED) is 0.792. The molecule has 0 radical (unpaired) electrons. The molecule has 1 heterocycles. The lowest BCUT2D eigenvalue weighted by Crippen LogP contribution is -2.47. The smallest absolute Gasteiger partial charge is 0.319 e. The highest BCUT2D eigenvalue weighted by molar-refractivity contribution is 5.79. The molecule has 6 heteroatoms. The highest BCUT2D eigenvalue weighted by Gasteiger charge is 2.28. The average Bonchev–Trinajstić information content (AvgIpc) is 2.43. The summed E-state index contributed by atoms with van der Waals surface area (Å²) in [5.41, 5.74) is 0. The summed E-state index contributed by atoms with van der Waals surface area (Å²) in [4.78, 5) is 27.2. The van der Waals surface area contributed by atoms with E-state index in [-0.39, 0.29) is 17.9 Å². The molecule has 3 amide bonds. The Bertz CT molecular complexity index is 350. The topological polar surface area (TPSA) is 72.9 Å². The number of carbonyl (C=O) groups is 2. The Morgan fingerprint density at radius 3 is 2.33 bits per heavy atom. The molecule has 0 saturated carbocycles. The van der Waals surface area contributed by atoms with Crippen LogP contribution in [0.5, 0.6) is 0 Å². The Balaban J connectivity index is 2.30. The molecule has 0 bridgehead atoms. The third-order valence-corrected chi connectivity index (χ3v) is 3.77. The fourth-order valence-electron chi connectivity index (χ4n) is 2.61. The zero-order valence-corrected chi connectivity index (χ0v) is 13.6. The molecule has 1 saturated heterocycles. The summed E-state index contributed by atoms with van der Waals surface area (Å²) in [5, 5.41) is 12.6. The van der Waals surface area contributed by atoms with Crippen LogP contribution < -0.4 is 5.32 Å². The van der Waals surface area contributed by atoms with E-state index in [0.717, 1.165) is 0 Å². The number of urea groups is 1. The molecule has 1 aliphatic heterocycles. The molecule has 6 nitrogen and oxygen atoms in total. The highest BCUT2D eigenvalue weighted by atomic mass is 16.3. The number of nitrogens with one attached hydrogen (secondary N) is 1. The number of hydrogen-bond acceptors (Lipinski definition) is 3. The second kappa shape index (κ2) is 8.22. The van der Waals surface area contributed by atoms with Gasteiger partial charge >= 0.3 is 6.03 Å². The van der Waals surface area contributed by atoms with Gasteiger partial charge in [0.15, 0.2) is 0 Å². The van der Waals surface area contributed by atoms with Gasteiger partial charge in [-0.25, -0.2) is 4.79 Å². The van der Waals surface area contributed by atoms with Crippen LogP contribution in [0.25, 0.3) is 0 Å². The molecule has 1 rings (SSSR count).